The maximum Gasteiger partial charge on any atom is 0.244 e. The van der Waals surface area contributed by atoms with Gasteiger partial charge in [0.05, 0.1) is 19.1 Å². The van der Waals surface area contributed by atoms with Gasteiger partial charge in [-0.2, -0.15) is 0 Å². The standard InChI is InChI=1S/C19H22Cl2N2O4S/c1-4-16(19(24)22-12-13-5-7-14(20)8-6-13)23(28(3,25)26)17-11-15(21)9-10-18(17)27-2/h5-11,16H,4,12H2,1-3H3,(H,22,24). The van der Waals surface area contributed by atoms with Crippen molar-refractivity contribution in [2.24, 2.45) is 0 Å². The first-order valence-corrected chi connectivity index (χ1v) is 11.1. The molecule has 2 aromatic rings. The Bertz CT molecular complexity index is 933. The minimum Gasteiger partial charge on any atom is -0.495 e. The highest BCUT2D eigenvalue weighted by atomic mass is 35.5. The monoisotopic (exact) mass is 444 g/mol. The SMILES string of the molecule is CCC(C(=O)NCc1ccc(Cl)cc1)N(c1cc(Cl)ccc1OC)S(C)(=O)=O. The Kier molecular flexibility index (Phi) is 7.57. The molecule has 6 nitrogen and oxygen atoms in total. The number of rotatable bonds is 8. The third-order valence-corrected chi connectivity index (χ3v) is 5.74. The largest absolute Gasteiger partial charge is 0.495 e. The first-order valence-electron chi connectivity index (χ1n) is 8.52. The fraction of sp³-hybridized carbons (Fsp3) is 0.316. The smallest absolute Gasteiger partial charge is 0.244 e. The number of nitrogens with one attached hydrogen (secondary N) is 1. The van der Waals surface area contributed by atoms with Gasteiger partial charge in [0.15, 0.2) is 0 Å². The number of sulfonamides is 1. The van der Waals surface area contributed by atoms with E-state index in [1.54, 1.807) is 43.3 Å². The lowest BCUT2D eigenvalue weighted by molar-refractivity contribution is -0.122. The van der Waals surface area contributed by atoms with Gasteiger partial charge in [-0.25, -0.2) is 8.42 Å². The zero-order chi connectivity index (χ0) is 20.9. The van der Waals surface area contributed by atoms with Crippen LogP contribution in [0.25, 0.3) is 0 Å². The van der Waals surface area contributed by atoms with E-state index in [1.165, 1.54) is 13.2 Å². The molecule has 0 heterocycles. The Morgan fingerprint density at radius 2 is 1.75 bits per heavy atom. The van der Waals surface area contributed by atoms with Gasteiger partial charge in [-0.3, -0.25) is 9.10 Å². The third kappa shape index (κ3) is 5.53. The van der Waals surface area contributed by atoms with E-state index in [9.17, 15) is 13.2 Å². The van der Waals surface area contributed by atoms with Gasteiger partial charge < -0.3 is 10.1 Å². The summed E-state index contributed by atoms with van der Waals surface area (Å²) in [5.41, 5.74) is 1.06. The molecule has 2 rings (SSSR count). The van der Waals surface area contributed by atoms with Crippen LogP contribution >= 0.6 is 23.2 Å². The Labute approximate surface area is 175 Å². The molecule has 152 valence electrons. The molecule has 0 aliphatic carbocycles. The van der Waals surface area contributed by atoms with Crippen molar-refractivity contribution < 1.29 is 17.9 Å². The summed E-state index contributed by atoms with van der Waals surface area (Å²) in [6, 6.07) is 10.7. The molecule has 0 spiro atoms. The number of halogens is 2. The van der Waals surface area contributed by atoms with Crippen LogP contribution in [0.3, 0.4) is 0 Å². The van der Waals surface area contributed by atoms with E-state index in [0.29, 0.717) is 15.8 Å². The Balaban J connectivity index is 2.34. The zero-order valence-electron chi connectivity index (χ0n) is 15.8. The van der Waals surface area contributed by atoms with Crippen molar-refractivity contribution in [1.29, 1.82) is 0 Å². The Morgan fingerprint density at radius 3 is 2.29 bits per heavy atom. The van der Waals surface area contributed by atoms with E-state index >= 15 is 0 Å². The van der Waals surface area contributed by atoms with Crippen LogP contribution < -0.4 is 14.4 Å². The predicted octanol–water partition coefficient (Wildman–Crippen LogP) is 3.86. The van der Waals surface area contributed by atoms with Gasteiger partial charge in [-0.1, -0.05) is 42.3 Å². The lowest BCUT2D eigenvalue weighted by Gasteiger charge is -2.31. The van der Waals surface area contributed by atoms with Crippen LogP contribution in [-0.4, -0.2) is 33.7 Å². The van der Waals surface area contributed by atoms with Crippen LogP contribution in [0, 0.1) is 0 Å². The number of carbonyl (C=O) groups excluding carboxylic acids is 1. The summed E-state index contributed by atoms with van der Waals surface area (Å²) in [4.78, 5) is 12.8. The molecule has 0 aliphatic heterocycles. The average Bonchev–Trinajstić information content (AvgIpc) is 2.64. The van der Waals surface area contributed by atoms with E-state index < -0.39 is 22.0 Å². The number of anilines is 1. The summed E-state index contributed by atoms with van der Waals surface area (Å²) >= 11 is 11.9. The minimum atomic E-state index is -3.80. The van der Waals surface area contributed by atoms with E-state index in [2.05, 4.69) is 5.32 Å². The van der Waals surface area contributed by atoms with Crippen molar-refractivity contribution >= 4 is 44.8 Å². The van der Waals surface area contributed by atoms with Crippen LogP contribution in [0.15, 0.2) is 42.5 Å². The molecule has 1 atom stereocenters. The summed E-state index contributed by atoms with van der Waals surface area (Å²) in [5.74, 6) is -0.122. The average molecular weight is 445 g/mol. The molecule has 28 heavy (non-hydrogen) atoms. The number of ether oxygens (including phenoxy) is 1. The van der Waals surface area contributed by atoms with Gasteiger partial charge in [-0.05, 0) is 42.3 Å². The molecule has 0 aliphatic rings. The summed E-state index contributed by atoms with van der Waals surface area (Å²) in [7, 11) is -2.37. The van der Waals surface area contributed by atoms with Crippen molar-refractivity contribution in [1.82, 2.24) is 5.32 Å². The van der Waals surface area contributed by atoms with Gasteiger partial charge in [0.2, 0.25) is 15.9 Å². The van der Waals surface area contributed by atoms with Crippen LogP contribution in [0.2, 0.25) is 10.0 Å². The fourth-order valence-corrected chi connectivity index (χ4v) is 4.28. The second-order valence-electron chi connectivity index (χ2n) is 6.14. The van der Waals surface area contributed by atoms with Gasteiger partial charge in [0.25, 0.3) is 0 Å². The molecule has 1 unspecified atom stereocenters. The van der Waals surface area contributed by atoms with Crippen molar-refractivity contribution in [2.75, 3.05) is 17.7 Å². The molecule has 0 aromatic heterocycles. The first kappa shape index (κ1) is 22.3. The normalized spacial score (nSPS) is 12.3. The highest BCUT2D eigenvalue weighted by molar-refractivity contribution is 7.92. The molecule has 0 bridgehead atoms. The van der Waals surface area contributed by atoms with E-state index in [1.807, 2.05) is 0 Å². The highest BCUT2D eigenvalue weighted by Crippen LogP contribution is 2.34. The topological polar surface area (TPSA) is 75.7 Å². The molecular weight excluding hydrogens is 423 g/mol. The summed E-state index contributed by atoms with van der Waals surface area (Å²) < 4.78 is 31.5. The lowest BCUT2D eigenvalue weighted by Crippen LogP contribution is -2.49. The molecule has 1 amide bonds. The maximum absolute atomic E-state index is 12.8. The van der Waals surface area contributed by atoms with Crippen molar-refractivity contribution in [3.63, 3.8) is 0 Å². The van der Waals surface area contributed by atoms with Crippen molar-refractivity contribution in [2.45, 2.75) is 25.9 Å². The molecule has 0 saturated heterocycles. The highest BCUT2D eigenvalue weighted by Gasteiger charge is 2.33. The Morgan fingerprint density at radius 1 is 1.14 bits per heavy atom. The number of methoxy groups -OCH3 is 1. The van der Waals surface area contributed by atoms with E-state index in [0.717, 1.165) is 16.1 Å². The van der Waals surface area contributed by atoms with Gasteiger partial charge in [-0.15, -0.1) is 0 Å². The van der Waals surface area contributed by atoms with Crippen LogP contribution in [-0.2, 0) is 21.4 Å². The Hall–Kier alpha value is -1.96. The van der Waals surface area contributed by atoms with Crippen LogP contribution in [0.5, 0.6) is 5.75 Å². The number of amides is 1. The second-order valence-corrected chi connectivity index (χ2v) is 8.88. The summed E-state index contributed by atoms with van der Waals surface area (Å²) in [5, 5.41) is 3.71. The van der Waals surface area contributed by atoms with Gasteiger partial charge >= 0.3 is 0 Å². The fourth-order valence-electron chi connectivity index (χ4n) is 2.78. The maximum atomic E-state index is 12.8. The molecule has 0 fully saturated rings. The lowest BCUT2D eigenvalue weighted by atomic mass is 10.1. The molecule has 0 saturated carbocycles. The molecule has 1 N–H and O–H groups in total. The van der Waals surface area contributed by atoms with Gasteiger partial charge in [0.1, 0.15) is 11.8 Å². The van der Waals surface area contributed by atoms with E-state index in [4.69, 9.17) is 27.9 Å². The summed E-state index contributed by atoms with van der Waals surface area (Å²) in [6.07, 6.45) is 1.30. The van der Waals surface area contributed by atoms with E-state index in [-0.39, 0.29) is 18.7 Å². The first-order chi connectivity index (χ1) is 13.2. The summed E-state index contributed by atoms with van der Waals surface area (Å²) in [6.45, 7) is 1.98. The van der Waals surface area contributed by atoms with Gasteiger partial charge in [0, 0.05) is 16.6 Å². The molecule has 2 aromatic carbocycles. The number of nitrogens with zero attached hydrogens (tertiary/aromatic N) is 1. The predicted molar refractivity (Wildman–Crippen MR) is 113 cm³/mol. The third-order valence-electron chi connectivity index (χ3n) is 4.09. The molecule has 9 heteroatoms. The number of hydrogen-bond acceptors (Lipinski definition) is 4. The van der Waals surface area contributed by atoms with Crippen LogP contribution in [0.1, 0.15) is 18.9 Å². The second kappa shape index (κ2) is 9.49. The molecule has 0 radical (unpaired) electrons. The number of carbonyl (C=O) groups is 1. The van der Waals surface area contributed by atoms with Crippen molar-refractivity contribution in [3.05, 3.63) is 58.1 Å². The minimum absolute atomic E-state index is 0.214. The quantitative estimate of drug-likeness (QED) is 0.670. The molecular formula is C19H22Cl2N2O4S. The number of benzene rings is 2. The zero-order valence-corrected chi connectivity index (χ0v) is 18.1. The van der Waals surface area contributed by atoms with Crippen molar-refractivity contribution in [3.8, 4) is 5.75 Å². The van der Waals surface area contributed by atoms with Crippen LogP contribution in [0.4, 0.5) is 5.69 Å². The number of hydrogen-bond donors (Lipinski definition) is 1.